The molecule has 1 heterocycles. The second-order valence-corrected chi connectivity index (χ2v) is 17.5. The maximum atomic E-state index is 13.1. The zero-order valence-electron chi connectivity index (χ0n) is 27.0. The molecule has 0 saturated heterocycles. The molecule has 0 bridgehead atoms. The van der Waals surface area contributed by atoms with Crippen molar-refractivity contribution in [1.29, 1.82) is 0 Å². The fourth-order valence-corrected chi connectivity index (χ4v) is 11.0. The molecule has 0 radical (unpaired) electrons. The number of amides is 1. The van der Waals surface area contributed by atoms with Gasteiger partial charge in [0, 0.05) is 11.4 Å². The first-order valence-corrected chi connectivity index (χ1v) is 18.2. The van der Waals surface area contributed by atoms with Crippen LogP contribution in [0.5, 0.6) is 0 Å². The Hall–Kier alpha value is -3.79. The van der Waals surface area contributed by atoms with Crippen molar-refractivity contribution in [2.24, 2.45) is 5.92 Å². The van der Waals surface area contributed by atoms with Gasteiger partial charge in [0.15, 0.2) is 5.69 Å². The molecule has 0 fully saturated rings. The van der Waals surface area contributed by atoms with Gasteiger partial charge in [0.25, 0.3) is 8.32 Å². The summed E-state index contributed by atoms with van der Waals surface area (Å²) in [7, 11) is -3.02. The minimum absolute atomic E-state index is 0.0593. The van der Waals surface area contributed by atoms with E-state index in [1.54, 1.807) is 12.3 Å². The van der Waals surface area contributed by atoms with Crippen LogP contribution in [-0.4, -0.2) is 38.0 Å². The predicted molar refractivity (Wildman–Crippen MR) is 183 cm³/mol. The molecule has 0 saturated carbocycles. The summed E-state index contributed by atoms with van der Waals surface area (Å²) in [5, 5.41) is 7.46. The Labute approximate surface area is 272 Å². The van der Waals surface area contributed by atoms with E-state index in [9.17, 15) is 9.59 Å². The van der Waals surface area contributed by atoms with E-state index in [1.165, 1.54) is 11.3 Å². The van der Waals surface area contributed by atoms with E-state index in [0.29, 0.717) is 11.4 Å². The van der Waals surface area contributed by atoms with Crippen LogP contribution in [0.15, 0.2) is 96.4 Å². The highest BCUT2D eigenvalue weighted by Crippen LogP contribution is 2.42. The summed E-state index contributed by atoms with van der Waals surface area (Å²) in [4.78, 5) is 30.5. The van der Waals surface area contributed by atoms with E-state index in [0.717, 1.165) is 15.9 Å². The van der Waals surface area contributed by atoms with E-state index in [1.807, 2.05) is 66.7 Å². The highest BCUT2D eigenvalue weighted by molar-refractivity contribution is 7.10. The first-order valence-electron chi connectivity index (χ1n) is 15.4. The quantitative estimate of drug-likeness (QED) is 0.122. The van der Waals surface area contributed by atoms with Gasteiger partial charge in [-0.25, -0.2) is 14.6 Å². The summed E-state index contributed by atoms with van der Waals surface area (Å²) >= 11 is 1.37. The van der Waals surface area contributed by atoms with Gasteiger partial charge >= 0.3 is 12.1 Å². The van der Waals surface area contributed by atoms with Crippen LogP contribution in [-0.2, 0) is 20.5 Å². The number of aromatic nitrogens is 1. The van der Waals surface area contributed by atoms with Crippen LogP contribution in [0.3, 0.4) is 0 Å². The van der Waals surface area contributed by atoms with Crippen molar-refractivity contribution in [2.45, 2.75) is 71.8 Å². The SMILES string of the molecule is CCOC(=O)c1csc([C@@H](C[C@@H](NC(=O)OCc2ccccc2)C(C)C)O[Si](c2ccccc2)(c2ccccc2)C(C)(C)C)n1. The zero-order valence-corrected chi connectivity index (χ0v) is 28.8. The maximum Gasteiger partial charge on any atom is 0.407 e. The summed E-state index contributed by atoms with van der Waals surface area (Å²) in [6, 6.07) is 30.1. The summed E-state index contributed by atoms with van der Waals surface area (Å²) in [5.41, 5.74) is 1.17. The van der Waals surface area contributed by atoms with Crippen molar-refractivity contribution in [2.75, 3.05) is 6.61 Å². The topological polar surface area (TPSA) is 86.8 Å². The second-order valence-electron chi connectivity index (χ2n) is 12.4. The average Bonchev–Trinajstić information content (AvgIpc) is 3.53. The third-order valence-corrected chi connectivity index (χ3v) is 13.8. The number of carbonyl (C=O) groups is 2. The number of nitrogens with zero attached hydrogens (tertiary/aromatic N) is 1. The van der Waals surface area contributed by atoms with Crippen molar-refractivity contribution < 1.29 is 23.5 Å². The molecule has 4 aromatic rings. The predicted octanol–water partition coefficient (Wildman–Crippen LogP) is 7.28. The standard InChI is InChI=1S/C36H44N2O5SSi/c1-7-41-34(39)31-25-44-33(37-31)32(23-30(26(2)3)38-35(40)42-24-27-17-11-8-12-18-27)43-45(36(4,5)6,28-19-13-9-14-20-28)29-21-15-10-16-22-29/h8-22,25-26,30,32H,7,23-24H2,1-6H3,(H,38,40)/t30-,32-/m1/s1. The van der Waals surface area contributed by atoms with Crippen molar-refractivity contribution in [1.82, 2.24) is 10.3 Å². The van der Waals surface area contributed by atoms with Crippen LogP contribution in [0.1, 0.15) is 75.1 Å². The molecule has 2 atom stereocenters. The van der Waals surface area contributed by atoms with Gasteiger partial charge in [-0.15, -0.1) is 11.3 Å². The van der Waals surface area contributed by atoms with Crippen molar-refractivity contribution in [3.63, 3.8) is 0 Å². The number of esters is 1. The van der Waals surface area contributed by atoms with Crippen LogP contribution in [0.4, 0.5) is 4.79 Å². The lowest BCUT2D eigenvalue weighted by atomic mass is 9.98. The third kappa shape index (κ3) is 8.48. The molecule has 9 heteroatoms. The highest BCUT2D eigenvalue weighted by Gasteiger charge is 2.52. The van der Waals surface area contributed by atoms with Crippen LogP contribution >= 0.6 is 11.3 Å². The molecule has 3 aromatic carbocycles. The Morgan fingerprint density at radius 3 is 1.93 bits per heavy atom. The molecule has 1 aromatic heterocycles. The lowest BCUT2D eigenvalue weighted by Crippen LogP contribution is -2.67. The second kappa shape index (κ2) is 15.5. The van der Waals surface area contributed by atoms with Gasteiger partial charge in [-0.2, -0.15) is 0 Å². The Morgan fingerprint density at radius 2 is 1.42 bits per heavy atom. The van der Waals surface area contributed by atoms with E-state index < -0.39 is 26.5 Å². The minimum atomic E-state index is -3.02. The summed E-state index contributed by atoms with van der Waals surface area (Å²) in [6.07, 6.45) is -0.599. The Kier molecular flexibility index (Phi) is 11.7. The molecule has 7 nitrogen and oxygen atoms in total. The molecule has 45 heavy (non-hydrogen) atoms. The van der Waals surface area contributed by atoms with Gasteiger partial charge in [-0.05, 0) is 40.2 Å². The normalized spacial score (nSPS) is 13.2. The fraction of sp³-hybridized carbons (Fsp3) is 0.361. The van der Waals surface area contributed by atoms with Gasteiger partial charge < -0.3 is 19.2 Å². The van der Waals surface area contributed by atoms with Crippen LogP contribution < -0.4 is 15.7 Å². The number of alkyl carbamates (subject to hydrolysis) is 1. The number of thiazole rings is 1. The lowest BCUT2D eigenvalue weighted by molar-refractivity contribution is 0.0519. The molecule has 0 spiro atoms. The lowest BCUT2D eigenvalue weighted by Gasteiger charge is -2.45. The molecule has 1 N–H and O–H groups in total. The van der Waals surface area contributed by atoms with E-state index in [2.05, 4.69) is 64.2 Å². The first-order chi connectivity index (χ1) is 21.5. The highest BCUT2D eigenvalue weighted by atomic mass is 32.1. The monoisotopic (exact) mass is 644 g/mol. The summed E-state index contributed by atoms with van der Waals surface area (Å²) in [5.74, 6) is -0.406. The Balaban J connectivity index is 1.75. The largest absolute Gasteiger partial charge is 0.461 e. The number of nitrogens with one attached hydrogen (secondary N) is 1. The smallest absolute Gasteiger partial charge is 0.407 e. The molecule has 1 amide bonds. The van der Waals surface area contributed by atoms with Crippen molar-refractivity contribution >= 4 is 42.1 Å². The third-order valence-electron chi connectivity index (χ3n) is 7.81. The van der Waals surface area contributed by atoms with Gasteiger partial charge in [0.05, 0.1) is 12.7 Å². The van der Waals surface area contributed by atoms with Gasteiger partial charge in [0.1, 0.15) is 11.6 Å². The number of benzene rings is 3. The van der Waals surface area contributed by atoms with Crippen molar-refractivity contribution in [3.8, 4) is 0 Å². The number of rotatable bonds is 13. The molecule has 0 aliphatic carbocycles. The van der Waals surface area contributed by atoms with E-state index in [4.69, 9.17) is 18.9 Å². The number of hydrogen-bond acceptors (Lipinski definition) is 7. The summed E-state index contributed by atoms with van der Waals surface area (Å²) < 4.78 is 18.4. The maximum absolute atomic E-state index is 13.1. The molecule has 238 valence electrons. The van der Waals surface area contributed by atoms with Crippen LogP contribution in [0.25, 0.3) is 0 Å². The molecule has 0 aliphatic heterocycles. The van der Waals surface area contributed by atoms with Gasteiger partial charge in [-0.3, -0.25) is 0 Å². The molecular formula is C36H44N2O5SSi. The number of ether oxygens (including phenoxy) is 2. The first kappa shape index (κ1) is 34.1. The molecule has 4 rings (SSSR count). The summed E-state index contributed by atoms with van der Waals surface area (Å²) in [6.45, 7) is 13.0. The van der Waals surface area contributed by atoms with E-state index in [-0.39, 0.29) is 35.9 Å². The fourth-order valence-electron chi connectivity index (χ4n) is 5.48. The van der Waals surface area contributed by atoms with E-state index >= 15 is 0 Å². The molecule has 0 unspecified atom stereocenters. The molecular weight excluding hydrogens is 601 g/mol. The average molecular weight is 645 g/mol. The Bertz CT molecular complexity index is 1470. The van der Waals surface area contributed by atoms with Crippen LogP contribution in [0, 0.1) is 5.92 Å². The number of hydrogen-bond donors (Lipinski definition) is 1. The molecule has 0 aliphatic rings. The van der Waals surface area contributed by atoms with Gasteiger partial charge in [0.2, 0.25) is 0 Å². The number of carbonyl (C=O) groups excluding carboxylic acids is 2. The van der Waals surface area contributed by atoms with Crippen LogP contribution in [0.2, 0.25) is 5.04 Å². The zero-order chi connectivity index (χ0) is 32.5. The minimum Gasteiger partial charge on any atom is -0.461 e. The van der Waals surface area contributed by atoms with Crippen molar-refractivity contribution in [3.05, 3.63) is 113 Å². The van der Waals surface area contributed by atoms with Gasteiger partial charge in [-0.1, -0.05) is 126 Å². The Morgan fingerprint density at radius 1 is 0.867 bits per heavy atom.